The van der Waals surface area contributed by atoms with E-state index in [0.29, 0.717) is 22.8 Å². The van der Waals surface area contributed by atoms with E-state index in [9.17, 15) is 14.7 Å². The molecule has 1 unspecified atom stereocenters. The summed E-state index contributed by atoms with van der Waals surface area (Å²) < 4.78 is 10.7. The topological polar surface area (TPSA) is 102 Å². The summed E-state index contributed by atoms with van der Waals surface area (Å²) in [5.74, 6) is -0.167. The highest BCUT2D eigenvalue weighted by atomic mass is 16.5. The van der Waals surface area contributed by atoms with E-state index in [0.717, 1.165) is 0 Å². The van der Waals surface area contributed by atoms with Gasteiger partial charge in [0.15, 0.2) is 11.5 Å². The molecule has 0 bridgehead atoms. The Morgan fingerprint density at radius 2 is 2.00 bits per heavy atom. The second-order valence-electron chi connectivity index (χ2n) is 6.16. The number of hydrogen-bond donors (Lipinski definition) is 2. The molecule has 0 fully saturated rings. The van der Waals surface area contributed by atoms with Crippen LogP contribution < -0.4 is 15.5 Å². The molecule has 7 nitrogen and oxygen atoms in total. The normalized spacial score (nSPS) is 11.8. The molecule has 3 aromatic rings. The third kappa shape index (κ3) is 4.27. The van der Waals surface area contributed by atoms with E-state index < -0.39 is 17.2 Å². The molecule has 1 aromatic carbocycles. The van der Waals surface area contributed by atoms with Crippen molar-refractivity contribution in [2.45, 2.75) is 19.5 Å². The van der Waals surface area contributed by atoms with Gasteiger partial charge in [-0.05, 0) is 43.3 Å². The molecule has 2 aromatic heterocycles. The Bertz CT molecular complexity index is 1010. The predicted octanol–water partition coefficient (Wildman–Crippen LogP) is 2.77. The minimum Gasteiger partial charge on any atom is -0.502 e. The first-order valence-corrected chi connectivity index (χ1v) is 8.64. The first-order chi connectivity index (χ1) is 13.5. The Hall–Kier alpha value is -3.45. The number of aromatic nitrogens is 1. The van der Waals surface area contributed by atoms with E-state index in [1.165, 1.54) is 13.2 Å². The van der Waals surface area contributed by atoms with Gasteiger partial charge in [0, 0.05) is 24.4 Å². The summed E-state index contributed by atoms with van der Waals surface area (Å²) in [4.78, 5) is 29.4. The Morgan fingerprint density at radius 3 is 2.64 bits per heavy atom. The first kappa shape index (κ1) is 19.3. The minimum atomic E-state index is -1.07. The second-order valence-corrected chi connectivity index (χ2v) is 6.16. The maximum absolute atomic E-state index is 13.1. The summed E-state index contributed by atoms with van der Waals surface area (Å²) in [5.41, 5.74) is 0.471. The highest BCUT2D eigenvalue weighted by Crippen LogP contribution is 2.26. The van der Waals surface area contributed by atoms with Crippen molar-refractivity contribution in [1.82, 2.24) is 10.3 Å². The number of rotatable bonds is 7. The van der Waals surface area contributed by atoms with Gasteiger partial charge in [0.05, 0.1) is 12.8 Å². The monoisotopic (exact) mass is 380 g/mol. The molecule has 2 N–H and O–H groups in total. The van der Waals surface area contributed by atoms with Crippen molar-refractivity contribution < 1.29 is 19.1 Å². The summed E-state index contributed by atoms with van der Waals surface area (Å²) >= 11 is 0. The zero-order chi connectivity index (χ0) is 20.1. The molecular weight excluding hydrogens is 360 g/mol. The number of benzene rings is 1. The number of hydrogen-bond acceptors (Lipinski definition) is 7. The standard InChI is InChI=1S/C21H20N2O5/c1-13-11-17(24)20(26)21(28-13)18(23-12-15-5-3-4-10-22-15)19(25)14-6-8-16(27-2)9-7-14/h3-11,18,23,26H,12H2,1-2H3. The lowest BCUT2D eigenvalue weighted by atomic mass is 10.0. The lowest BCUT2D eigenvalue weighted by Gasteiger charge is -2.18. The van der Waals surface area contributed by atoms with E-state index in [1.54, 1.807) is 49.5 Å². The third-order valence-corrected chi connectivity index (χ3v) is 4.18. The largest absolute Gasteiger partial charge is 0.502 e. The zero-order valence-corrected chi connectivity index (χ0v) is 15.5. The Labute approximate surface area is 161 Å². The van der Waals surface area contributed by atoms with Crippen molar-refractivity contribution >= 4 is 5.78 Å². The van der Waals surface area contributed by atoms with Gasteiger partial charge in [0.1, 0.15) is 17.6 Å². The van der Waals surface area contributed by atoms with Crippen LogP contribution in [0.4, 0.5) is 0 Å². The fraction of sp³-hybridized carbons (Fsp3) is 0.190. The van der Waals surface area contributed by atoms with Crippen molar-refractivity contribution in [2.24, 2.45) is 0 Å². The van der Waals surface area contributed by atoms with E-state index in [2.05, 4.69) is 10.3 Å². The maximum atomic E-state index is 13.1. The number of aromatic hydroxyl groups is 1. The van der Waals surface area contributed by atoms with Crippen LogP contribution >= 0.6 is 0 Å². The average molecular weight is 380 g/mol. The lowest BCUT2D eigenvalue weighted by molar-refractivity contribution is 0.0925. The zero-order valence-electron chi connectivity index (χ0n) is 15.5. The quantitative estimate of drug-likeness (QED) is 0.608. The molecule has 144 valence electrons. The van der Waals surface area contributed by atoms with E-state index in [-0.39, 0.29) is 18.1 Å². The number of methoxy groups -OCH3 is 1. The number of nitrogens with one attached hydrogen (secondary N) is 1. The van der Waals surface area contributed by atoms with Crippen LogP contribution in [0.25, 0.3) is 0 Å². The van der Waals surface area contributed by atoms with E-state index in [4.69, 9.17) is 9.15 Å². The fourth-order valence-corrected chi connectivity index (χ4v) is 2.76. The summed E-state index contributed by atoms with van der Waals surface area (Å²) in [6.45, 7) is 1.82. The van der Waals surface area contributed by atoms with Crippen molar-refractivity contribution in [3.63, 3.8) is 0 Å². The van der Waals surface area contributed by atoms with Gasteiger partial charge in [-0.25, -0.2) is 0 Å². The lowest BCUT2D eigenvalue weighted by Crippen LogP contribution is -2.30. The van der Waals surface area contributed by atoms with Crippen LogP contribution in [0.3, 0.4) is 0 Å². The molecule has 0 saturated heterocycles. The van der Waals surface area contributed by atoms with Crippen LogP contribution in [-0.4, -0.2) is 23.0 Å². The molecule has 3 rings (SSSR count). The minimum absolute atomic E-state index is 0.123. The van der Waals surface area contributed by atoms with Gasteiger partial charge in [-0.1, -0.05) is 6.07 Å². The van der Waals surface area contributed by atoms with Gasteiger partial charge in [0.2, 0.25) is 11.2 Å². The molecular formula is C21H20N2O5. The molecule has 0 radical (unpaired) electrons. The van der Waals surface area contributed by atoms with Crippen molar-refractivity contribution in [3.05, 3.63) is 87.7 Å². The Balaban J connectivity index is 1.98. The van der Waals surface area contributed by atoms with Crippen LogP contribution in [0.2, 0.25) is 0 Å². The van der Waals surface area contributed by atoms with Gasteiger partial charge >= 0.3 is 0 Å². The number of carbonyl (C=O) groups excluding carboxylic acids is 1. The number of carbonyl (C=O) groups is 1. The number of aryl methyl sites for hydroxylation is 1. The van der Waals surface area contributed by atoms with Crippen LogP contribution in [0.5, 0.6) is 11.5 Å². The summed E-state index contributed by atoms with van der Waals surface area (Å²) in [6.07, 6.45) is 1.64. The van der Waals surface area contributed by atoms with Crippen molar-refractivity contribution in [3.8, 4) is 11.5 Å². The molecule has 0 aliphatic rings. The molecule has 0 amide bonds. The van der Waals surface area contributed by atoms with E-state index >= 15 is 0 Å². The SMILES string of the molecule is COc1ccc(C(=O)C(NCc2ccccn2)c2oc(C)cc(=O)c2O)cc1. The molecule has 28 heavy (non-hydrogen) atoms. The van der Waals surface area contributed by atoms with Crippen LogP contribution in [-0.2, 0) is 6.54 Å². The summed E-state index contributed by atoms with van der Waals surface area (Å²) in [5, 5.41) is 13.3. The van der Waals surface area contributed by atoms with Gasteiger partial charge in [0.25, 0.3) is 0 Å². The number of ketones is 1. The smallest absolute Gasteiger partial charge is 0.227 e. The first-order valence-electron chi connectivity index (χ1n) is 8.64. The predicted molar refractivity (Wildman–Crippen MR) is 103 cm³/mol. The second kappa shape index (κ2) is 8.49. The summed E-state index contributed by atoms with van der Waals surface area (Å²) in [7, 11) is 1.54. The molecule has 0 aliphatic carbocycles. The van der Waals surface area contributed by atoms with Crippen LogP contribution in [0.15, 0.2) is 63.9 Å². The van der Waals surface area contributed by atoms with Crippen LogP contribution in [0, 0.1) is 6.92 Å². The molecule has 0 saturated carbocycles. The highest BCUT2D eigenvalue weighted by molar-refractivity contribution is 6.00. The number of nitrogens with zero attached hydrogens (tertiary/aromatic N) is 1. The molecule has 2 heterocycles. The summed E-state index contributed by atoms with van der Waals surface area (Å²) in [6, 6.07) is 12.1. The van der Waals surface area contributed by atoms with Gasteiger partial charge in [-0.3, -0.25) is 19.9 Å². The van der Waals surface area contributed by atoms with E-state index in [1.807, 2.05) is 6.07 Å². The number of pyridine rings is 1. The molecule has 7 heteroatoms. The number of Topliss-reactive ketones (excluding diaryl/α,β-unsaturated/α-hetero) is 1. The molecule has 0 spiro atoms. The Morgan fingerprint density at radius 1 is 1.25 bits per heavy atom. The maximum Gasteiger partial charge on any atom is 0.227 e. The van der Waals surface area contributed by atoms with Gasteiger partial charge in [-0.2, -0.15) is 0 Å². The highest BCUT2D eigenvalue weighted by Gasteiger charge is 2.28. The Kier molecular flexibility index (Phi) is 5.86. The average Bonchev–Trinajstić information content (AvgIpc) is 2.72. The van der Waals surface area contributed by atoms with Crippen LogP contribution in [0.1, 0.15) is 33.6 Å². The van der Waals surface area contributed by atoms with Gasteiger partial charge < -0.3 is 14.3 Å². The fourth-order valence-electron chi connectivity index (χ4n) is 2.76. The molecule has 1 atom stereocenters. The molecule has 0 aliphatic heterocycles. The van der Waals surface area contributed by atoms with Crippen molar-refractivity contribution in [2.75, 3.05) is 7.11 Å². The van der Waals surface area contributed by atoms with Crippen molar-refractivity contribution in [1.29, 1.82) is 0 Å². The third-order valence-electron chi connectivity index (χ3n) is 4.18. The number of ether oxygens (including phenoxy) is 1. The van der Waals surface area contributed by atoms with Gasteiger partial charge in [-0.15, -0.1) is 0 Å².